The molecule has 1 amide bonds. The molecule has 1 aromatic carbocycles. The van der Waals surface area contributed by atoms with Gasteiger partial charge in [-0.2, -0.15) is 0 Å². The van der Waals surface area contributed by atoms with Crippen LogP contribution in [0.15, 0.2) is 24.3 Å². The number of anilines is 1. The smallest absolute Gasteiger partial charge is 0.224 e. The Morgan fingerprint density at radius 1 is 1.44 bits per heavy atom. The zero-order chi connectivity index (χ0) is 13.5. The third kappa shape index (κ3) is 4.13. The maximum absolute atomic E-state index is 11.8. The second kappa shape index (κ2) is 7.13. The molecule has 1 unspecified atom stereocenters. The lowest BCUT2D eigenvalue weighted by Gasteiger charge is -2.16. The SMILES string of the molecule is CC[C@H](C)CC(=O)Nc1ccccc1C(N)CO. The highest BCUT2D eigenvalue weighted by atomic mass is 16.3. The standard InChI is InChI=1S/C14H22N2O2/c1-3-10(2)8-14(18)16-13-7-5-4-6-11(13)12(15)9-17/h4-7,10,12,17H,3,8-9,15H2,1-2H3,(H,16,18)/t10-,12?/m0/s1. The van der Waals surface area contributed by atoms with E-state index in [-0.39, 0.29) is 12.5 Å². The van der Waals surface area contributed by atoms with Crippen molar-refractivity contribution in [1.29, 1.82) is 0 Å². The Labute approximate surface area is 108 Å². The van der Waals surface area contributed by atoms with Crippen molar-refractivity contribution in [3.63, 3.8) is 0 Å². The van der Waals surface area contributed by atoms with Crippen molar-refractivity contribution in [2.75, 3.05) is 11.9 Å². The number of para-hydroxylation sites is 1. The van der Waals surface area contributed by atoms with Gasteiger partial charge in [0.25, 0.3) is 0 Å². The second-order valence-electron chi connectivity index (χ2n) is 4.64. The monoisotopic (exact) mass is 250 g/mol. The average Bonchev–Trinajstić information content (AvgIpc) is 2.38. The normalized spacial score (nSPS) is 14.0. The van der Waals surface area contributed by atoms with Gasteiger partial charge >= 0.3 is 0 Å². The van der Waals surface area contributed by atoms with Gasteiger partial charge in [-0.15, -0.1) is 0 Å². The molecule has 0 saturated carbocycles. The van der Waals surface area contributed by atoms with E-state index in [1.54, 1.807) is 6.07 Å². The summed E-state index contributed by atoms with van der Waals surface area (Å²) in [5.74, 6) is 0.352. The first-order chi connectivity index (χ1) is 8.58. The van der Waals surface area contributed by atoms with E-state index in [4.69, 9.17) is 10.8 Å². The minimum atomic E-state index is -0.468. The van der Waals surface area contributed by atoms with Gasteiger partial charge in [0, 0.05) is 12.1 Å². The number of hydrogen-bond donors (Lipinski definition) is 3. The Bertz CT molecular complexity index is 393. The molecule has 0 saturated heterocycles. The van der Waals surface area contributed by atoms with E-state index in [1.165, 1.54) is 0 Å². The van der Waals surface area contributed by atoms with E-state index in [9.17, 15) is 4.79 Å². The van der Waals surface area contributed by atoms with Crippen LogP contribution in [0.5, 0.6) is 0 Å². The summed E-state index contributed by atoms with van der Waals surface area (Å²) >= 11 is 0. The predicted octanol–water partition coefficient (Wildman–Crippen LogP) is 2.05. The van der Waals surface area contributed by atoms with Gasteiger partial charge in [-0.25, -0.2) is 0 Å². The first-order valence-electron chi connectivity index (χ1n) is 6.33. The average molecular weight is 250 g/mol. The van der Waals surface area contributed by atoms with Crippen molar-refractivity contribution in [1.82, 2.24) is 0 Å². The Morgan fingerprint density at radius 3 is 2.72 bits per heavy atom. The molecule has 4 nitrogen and oxygen atoms in total. The number of carbonyl (C=O) groups is 1. The van der Waals surface area contributed by atoms with Crippen LogP contribution in [0.1, 0.15) is 38.3 Å². The molecule has 4 N–H and O–H groups in total. The van der Waals surface area contributed by atoms with E-state index in [1.807, 2.05) is 25.1 Å². The molecular weight excluding hydrogens is 228 g/mol. The summed E-state index contributed by atoms with van der Waals surface area (Å²) in [6, 6.07) is 6.84. The summed E-state index contributed by atoms with van der Waals surface area (Å²) in [6.45, 7) is 3.97. The highest BCUT2D eigenvalue weighted by molar-refractivity contribution is 5.91. The summed E-state index contributed by atoms with van der Waals surface area (Å²) in [4.78, 5) is 11.8. The molecular formula is C14H22N2O2. The van der Waals surface area contributed by atoms with Gasteiger partial charge in [-0.1, -0.05) is 38.5 Å². The molecule has 100 valence electrons. The number of carbonyl (C=O) groups excluding carboxylic acids is 1. The zero-order valence-corrected chi connectivity index (χ0v) is 11.0. The summed E-state index contributed by atoms with van der Waals surface area (Å²) in [5, 5.41) is 12.0. The summed E-state index contributed by atoms with van der Waals surface area (Å²) in [6.07, 6.45) is 1.48. The lowest BCUT2D eigenvalue weighted by Crippen LogP contribution is -2.20. The van der Waals surface area contributed by atoms with Gasteiger partial charge in [0.15, 0.2) is 0 Å². The molecule has 1 aromatic rings. The molecule has 0 heterocycles. The molecule has 0 aliphatic heterocycles. The molecule has 2 atom stereocenters. The van der Waals surface area contributed by atoms with Gasteiger partial charge in [0.1, 0.15) is 0 Å². The number of rotatable bonds is 6. The Balaban J connectivity index is 2.75. The van der Waals surface area contributed by atoms with Crippen LogP contribution in [0.4, 0.5) is 5.69 Å². The van der Waals surface area contributed by atoms with Gasteiger partial charge in [-0.3, -0.25) is 4.79 Å². The maximum atomic E-state index is 11.8. The van der Waals surface area contributed by atoms with Crippen LogP contribution in [-0.2, 0) is 4.79 Å². The number of aliphatic hydroxyl groups excluding tert-OH is 1. The van der Waals surface area contributed by atoms with E-state index in [0.29, 0.717) is 18.0 Å². The number of nitrogens with one attached hydrogen (secondary N) is 1. The quantitative estimate of drug-likeness (QED) is 0.723. The van der Waals surface area contributed by atoms with Crippen molar-refractivity contribution in [3.05, 3.63) is 29.8 Å². The number of aliphatic hydroxyl groups is 1. The lowest BCUT2D eigenvalue weighted by molar-refractivity contribution is -0.117. The molecule has 0 aliphatic rings. The highest BCUT2D eigenvalue weighted by Gasteiger charge is 2.13. The lowest BCUT2D eigenvalue weighted by atomic mass is 10.0. The van der Waals surface area contributed by atoms with Gasteiger partial charge in [0.2, 0.25) is 5.91 Å². The molecule has 0 bridgehead atoms. The molecule has 0 aromatic heterocycles. The second-order valence-corrected chi connectivity index (χ2v) is 4.64. The Kier molecular flexibility index (Phi) is 5.82. The summed E-state index contributed by atoms with van der Waals surface area (Å²) < 4.78 is 0. The molecule has 0 aliphatic carbocycles. The van der Waals surface area contributed by atoms with E-state index < -0.39 is 6.04 Å². The molecule has 0 spiro atoms. The van der Waals surface area contributed by atoms with Crippen LogP contribution in [0, 0.1) is 5.92 Å². The fourth-order valence-electron chi connectivity index (χ4n) is 1.69. The van der Waals surface area contributed by atoms with Crippen molar-refractivity contribution in [2.24, 2.45) is 11.7 Å². The Hall–Kier alpha value is -1.39. The van der Waals surface area contributed by atoms with Crippen molar-refractivity contribution >= 4 is 11.6 Å². The van der Waals surface area contributed by atoms with Gasteiger partial charge in [0.05, 0.1) is 12.6 Å². The van der Waals surface area contributed by atoms with E-state index in [2.05, 4.69) is 12.2 Å². The van der Waals surface area contributed by atoms with Crippen molar-refractivity contribution in [3.8, 4) is 0 Å². The molecule has 0 radical (unpaired) electrons. The van der Waals surface area contributed by atoms with Crippen LogP contribution >= 0.6 is 0 Å². The highest BCUT2D eigenvalue weighted by Crippen LogP contribution is 2.21. The minimum Gasteiger partial charge on any atom is -0.394 e. The number of hydrogen-bond acceptors (Lipinski definition) is 3. The zero-order valence-electron chi connectivity index (χ0n) is 11.0. The summed E-state index contributed by atoms with van der Waals surface area (Å²) in [5.41, 5.74) is 7.25. The van der Waals surface area contributed by atoms with E-state index in [0.717, 1.165) is 12.0 Å². The number of benzene rings is 1. The Morgan fingerprint density at radius 2 is 2.11 bits per heavy atom. The summed E-state index contributed by atoms with van der Waals surface area (Å²) in [7, 11) is 0. The molecule has 4 heteroatoms. The fraction of sp³-hybridized carbons (Fsp3) is 0.500. The molecule has 1 rings (SSSR count). The third-order valence-electron chi connectivity index (χ3n) is 3.06. The number of amides is 1. The number of nitrogens with two attached hydrogens (primary N) is 1. The molecule has 18 heavy (non-hydrogen) atoms. The maximum Gasteiger partial charge on any atom is 0.224 e. The largest absolute Gasteiger partial charge is 0.394 e. The first kappa shape index (κ1) is 14.7. The van der Waals surface area contributed by atoms with Crippen molar-refractivity contribution in [2.45, 2.75) is 32.7 Å². The minimum absolute atomic E-state index is 0.0121. The first-order valence-corrected chi connectivity index (χ1v) is 6.33. The van der Waals surface area contributed by atoms with Crippen LogP contribution in [0.3, 0.4) is 0 Å². The topological polar surface area (TPSA) is 75.4 Å². The van der Waals surface area contributed by atoms with Gasteiger partial charge < -0.3 is 16.2 Å². The van der Waals surface area contributed by atoms with Crippen molar-refractivity contribution < 1.29 is 9.90 Å². The van der Waals surface area contributed by atoms with Gasteiger partial charge in [-0.05, 0) is 17.5 Å². The van der Waals surface area contributed by atoms with Crippen LogP contribution in [-0.4, -0.2) is 17.6 Å². The molecule has 0 fully saturated rings. The predicted molar refractivity (Wildman–Crippen MR) is 73.2 cm³/mol. The van der Waals surface area contributed by atoms with Crippen LogP contribution in [0.25, 0.3) is 0 Å². The fourth-order valence-corrected chi connectivity index (χ4v) is 1.69. The van der Waals surface area contributed by atoms with Crippen LogP contribution in [0.2, 0.25) is 0 Å². The van der Waals surface area contributed by atoms with Crippen LogP contribution < -0.4 is 11.1 Å². The third-order valence-corrected chi connectivity index (χ3v) is 3.06. The van der Waals surface area contributed by atoms with E-state index >= 15 is 0 Å².